The molecule has 0 spiro atoms. The lowest BCUT2D eigenvalue weighted by molar-refractivity contribution is 0.311. The Morgan fingerprint density at radius 3 is 2.67 bits per heavy atom. The Kier molecular flexibility index (Phi) is 3.83. The Labute approximate surface area is 75.4 Å². The van der Waals surface area contributed by atoms with E-state index in [4.69, 9.17) is 5.11 Å². The van der Waals surface area contributed by atoms with Gasteiger partial charge >= 0.3 is 0 Å². The summed E-state index contributed by atoms with van der Waals surface area (Å²) in [6.45, 7) is 0.576. The highest BCUT2D eigenvalue weighted by molar-refractivity contribution is 7.98. The molecule has 0 aliphatic heterocycles. The van der Waals surface area contributed by atoms with Crippen molar-refractivity contribution >= 4 is 17.7 Å². The summed E-state index contributed by atoms with van der Waals surface area (Å²) < 4.78 is 0. The topological polar surface area (TPSA) is 58.0 Å². The van der Waals surface area contributed by atoms with Crippen molar-refractivity contribution in [3.8, 4) is 0 Å². The number of aliphatic hydroxyl groups is 1. The summed E-state index contributed by atoms with van der Waals surface area (Å²) in [6.07, 6.45) is 5.47. The maximum atomic E-state index is 8.51. The van der Waals surface area contributed by atoms with Crippen molar-refractivity contribution in [3.63, 3.8) is 0 Å². The van der Waals surface area contributed by atoms with Crippen LogP contribution in [0.1, 0.15) is 0 Å². The molecule has 66 valence electrons. The molecule has 0 amide bonds. The lowest BCUT2D eigenvalue weighted by Crippen LogP contribution is -2.08. The minimum atomic E-state index is 0.0909. The molecular weight excluding hydrogens is 174 g/mol. The van der Waals surface area contributed by atoms with Crippen LogP contribution in [0.15, 0.2) is 17.3 Å². The van der Waals surface area contributed by atoms with Crippen LogP contribution in [-0.4, -0.2) is 34.5 Å². The quantitative estimate of drug-likeness (QED) is 0.673. The fraction of sp³-hybridized carbons (Fsp3) is 0.429. The fourth-order valence-corrected chi connectivity index (χ4v) is 0.997. The summed E-state index contributed by atoms with van der Waals surface area (Å²) in [4.78, 5) is 9.10. The summed E-state index contributed by atoms with van der Waals surface area (Å²) in [7, 11) is 0. The molecule has 1 rings (SSSR count). The first-order chi connectivity index (χ1) is 5.86. The Bertz CT molecular complexity index is 227. The minimum Gasteiger partial charge on any atom is -0.395 e. The Balaban J connectivity index is 2.53. The zero-order chi connectivity index (χ0) is 8.81. The van der Waals surface area contributed by atoms with Gasteiger partial charge in [-0.25, -0.2) is 9.97 Å². The van der Waals surface area contributed by atoms with Crippen molar-refractivity contribution in [2.45, 2.75) is 4.90 Å². The number of aliphatic hydroxyl groups excluding tert-OH is 1. The van der Waals surface area contributed by atoms with Crippen LogP contribution >= 0.6 is 11.8 Å². The van der Waals surface area contributed by atoms with Crippen LogP contribution < -0.4 is 5.32 Å². The van der Waals surface area contributed by atoms with Crippen molar-refractivity contribution < 1.29 is 5.11 Å². The number of hydrogen-bond acceptors (Lipinski definition) is 5. The summed E-state index contributed by atoms with van der Waals surface area (Å²) >= 11 is 1.60. The first-order valence-electron chi connectivity index (χ1n) is 3.57. The molecule has 0 aliphatic rings. The number of aromatic nitrogens is 2. The molecule has 0 aliphatic carbocycles. The maximum absolute atomic E-state index is 8.51. The SMILES string of the molecule is CSc1cnc(NCCO)nc1. The third kappa shape index (κ3) is 2.67. The molecule has 0 radical (unpaired) electrons. The third-order valence-corrected chi connectivity index (χ3v) is 1.94. The molecule has 0 atom stereocenters. The van der Waals surface area contributed by atoms with Crippen LogP contribution in [0, 0.1) is 0 Å². The van der Waals surface area contributed by atoms with Crippen LogP contribution in [0.5, 0.6) is 0 Å². The second-order valence-electron chi connectivity index (χ2n) is 2.10. The number of nitrogens with zero attached hydrogens (tertiary/aromatic N) is 2. The van der Waals surface area contributed by atoms with E-state index in [1.54, 1.807) is 24.2 Å². The van der Waals surface area contributed by atoms with Gasteiger partial charge in [-0.05, 0) is 6.26 Å². The number of anilines is 1. The highest BCUT2D eigenvalue weighted by Gasteiger charge is 1.94. The van der Waals surface area contributed by atoms with Gasteiger partial charge in [0, 0.05) is 23.8 Å². The second kappa shape index (κ2) is 4.95. The standard InChI is InChI=1S/C7H11N3OS/c1-12-6-4-9-7(10-5-6)8-2-3-11/h4-5,11H,2-3H2,1H3,(H,8,9,10). The molecule has 0 fully saturated rings. The van der Waals surface area contributed by atoms with E-state index in [0.29, 0.717) is 12.5 Å². The number of nitrogens with one attached hydrogen (secondary N) is 1. The summed E-state index contributed by atoms with van der Waals surface area (Å²) in [5.74, 6) is 0.557. The Morgan fingerprint density at radius 2 is 2.17 bits per heavy atom. The molecule has 0 saturated heterocycles. The van der Waals surface area contributed by atoms with Crippen LogP contribution in [0.3, 0.4) is 0 Å². The van der Waals surface area contributed by atoms with E-state index in [1.807, 2.05) is 6.26 Å². The van der Waals surface area contributed by atoms with Gasteiger partial charge in [0.1, 0.15) is 0 Å². The number of hydrogen-bond donors (Lipinski definition) is 2. The Morgan fingerprint density at radius 1 is 1.50 bits per heavy atom. The fourth-order valence-electron chi connectivity index (χ4n) is 0.681. The molecule has 5 heteroatoms. The van der Waals surface area contributed by atoms with Crippen molar-refractivity contribution in [2.75, 3.05) is 24.7 Å². The summed E-state index contributed by atoms with van der Waals surface area (Å²) in [5.41, 5.74) is 0. The van der Waals surface area contributed by atoms with Gasteiger partial charge < -0.3 is 10.4 Å². The summed E-state index contributed by atoms with van der Waals surface area (Å²) in [5, 5.41) is 11.4. The van der Waals surface area contributed by atoms with Crippen molar-refractivity contribution in [3.05, 3.63) is 12.4 Å². The number of rotatable bonds is 4. The lowest BCUT2D eigenvalue weighted by Gasteiger charge is -2.01. The molecule has 1 aromatic heterocycles. The molecule has 0 saturated carbocycles. The van der Waals surface area contributed by atoms with Gasteiger partial charge in [-0.3, -0.25) is 0 Å². The van der Waals surface area contributed by atoms with Gasteiger partial charge in [-0.15, -0.1) is 11.8 Å². The smallest absolute Gasteiger partial charge is 0.222 e. The van der Waals surface area contributed by atoms with Crippen LogP contribution in [-0.2, 0) is 0 Å². The molecule has 0 bridgehead atoms. The van der Waals surface area contributed by atoms with E-state index in [1.165, 1.54) is 0 Å². The predicted octanol–water partition coefficient (Wildman–Crippen LogP) is 0.603. The predicted molar refractivity (Wildman–Crippen MR) is 49.4 cm³/mol. The molecule has 12 heavy (non-hydrogen) atoms. The molecule has 1 aromatic rings. The molecule has 1 heterocycles. The highest BCUT2D eigenvalue weighted by Crippen LogP contribution is 2.11. The average molecular weight is 185 g/mol. The zero-order valence-corrected chi connectivity index (χ0v) is 7.64. The largest absolute Gasteiger partial charge is 0.395 e. The molecule has 2 N–H and O–H groups in total. The zero-order valence-electron chi connectivity index (χ0n) is 6.82. The van der Waals surface area contributed by atoms with E-state index in [0.717, 1.165) is 4.90 Å². The molecule has 4 nitrogen and oxygen atoms in total. The van der Waals surface area contributed by atoms with E-state index in [2.05, 4.69) is 15.3 Å². The molecule has 0 aromatic carbocycles. The van der Waals surface area contributed by atoms with E-state index in [-0.39, 0.29) is 6.61 Å². The van der Waals surface area contributed by atoms with Gasteiger partial charge in [-0.2, -0.15) is 0 Å². The van der Waals surface area contributed by atoms with Crippen LogP contribution in [0.25, 0.3) is 0 Å². The van der Waals surface area contributed by atoms with E-state index < -0.39 is 0 Å². The lowest BCUT2D eigenvalue weighted by atomic mass is 10.6. The number of thioether (sulfide) groups is 1. The van der Waals surface area contributed by atoms with Gasteiger partial charge in [0.2, 0.25) is 5.95 Å². The first kappa shape index (κ1) is 9.28. The van der Waals surface area contributed by atoms with Crippen LogP contribution in [0.4, 0.5) is 5.95 Å². The maximum Gasteiger partial charge on any atom is 0.222 e. The van der Waals surface area contributed by atoms with Gasteiger partial charge in [0.25, 0.3) is 0 Å². The van der Waals surface area contributed by atoms with Crippen molar-refractivity contribution in [1.29, 1.82) is 0 Å². The third-order valence-electron chi connectivity index (χ3n) is 1.26. The minimum absolute atomic E-state index is 0.0909. The monoisotopic (exact) mass is 185 g/mol. The summed E-state index contributed by atoms with van der Waals surface area (Å²) in [6, 6.07) is 0. The highest BCUT2D eigenvalue weighted by atomic mass is 32.2. The van der Waals surface area contributed by atoms with E-state index >= 15 is 0 Å². The normalized spacial score (nSPS) is 9.83. The molecule has 0 unspecified atom stereocenters. The van der Waals surface area contributed by atoms with Crippen LogP contribution in [0.2, 0.25) is 0 Å². The average Bonchev–Trinajstić information content (AvgIpc) is 2.15. The van der Waals surface area contributed by atoms with Crippen molar-refractivity contribution in [1.82, 2.24) is 9.97 Å². The van der Waals surface area contributed by atoms with E-state index in [9.17, 15) is 0 Å². The second-order valence-corrected chi connectivity index (χ2v) is 2.98. The Hall–Kier alpha value is -0.810. The van der Waals surface area contributed by atoms with Gasteiger partial charge in [0.15, 0.2) is 0 Å². The van der Waals surface area contributed by atoms with Gasteiger partial charge in [-0.1, -0.05) is 0 Å². The first-order valence-corrected chi connectivity index (χ1v) is 4.80. The van der Waals surface area contributed by atoms with Gasteiger partial charge in [0.05, 0.1) is 6.61 Å². The molecular formula is C7H11N3OS. The van der Waals surface area contributed by atoms with Crippen molar-refractivity contribution in [2.24, 2.45) is 0 Å².